The van der Waals surface area contributed by atoms with Gasteiger partial charge in [-0.3, -0.25) is 4.79 Å². The summed E-state index contributed by atoms with van der Waals surface area (Å²) in [5, 5.41) is 3.36. The van der Waals surface area contributed by atoms with Gasteiger partial charge in [-0.15, -0.1) is 0 Å². The van der Waals surface area contributed by atoms with Gasteiger partial charge in [0.2, 0.25) is 12.7 Å². The zero-order chi connectivity index (χ0) is 17.1. The highest BCUT2D eigenvalue weighted by molar-refractivity contribution is 5.78. The van der Waals surface area contributed by atoms with E-state index in [1.165, 1.54) is 32.1 Å². The summed E-state index contributed by atoms with van der Waals surface area (Å²) in [6.45, 7) is 2.38. The quantitative estimate of drug-likeness (QED) is 0.826. The van der Waals surface area contributed by atoms with Crippen molar-refractivity contribution in [2.75, 3.05) is 19.9 Å². The molecule has 2 fully saturated rings. The van der Waals surface area contributed by atoms with E-state index in [0.717, 1.165) is 42.4 Å². The number of amides is 1. The fourth-order valence-corrected chi connectivity index (χ4v) is 3.86. The number of carbonyl (C=O) groups excluding carboxylic acids is 1. The van der Waals surface area contributed by atoms with Crippen molar-refractivity contribution >= 4 is 5.91 Å². The van der Waals surface area contributed by atoms with Gasteiger partial charge in [0, 0.05) is 12.6 Å². The van der Waals surface area contributed by atoms with Crippen molar-refractivity contribution in [3.8, 4) is 11.5 Å². The van der Waals surface area contributed by atoms with Crippen LogP contribution in [-0.2, 0) is 11.3 Å². The van der Waals surface area contributed by atoms with E-state index >= 15 is 0 Å². The van der Waals surface area contributed by atoms with Gasteiger partial charge in [0.15, 0.2) is 11.5 Å². The summed E-state index contributed by atoms with van der Waals surface area (Å²) in [5.41, 5.74) is 1.12. The molecule has 3 aliphatic rings. The molecule has 1 N–H and O–H groups in total. The molecule has 0 radical (unpaired) electrons. The molecular weight excluding hydrogens is 316 g/mol. The van der Waals surface area contributed by atoms with Crippen LogP contribution in [-0.4, -0.2) is 36.7 Å². The fraction of sp³-hybridized carbons (Fsp3) is 0.650. The smallest absolute Gasteiger partial charge is 0.237 e. The van der Waals surface area contributed by atoms with Crippen LogP contribution in [0.15, 0.2) is 18.2 Å². The Morgan fingerprint density at radius 3 is 2.68 bits per heavy atom. The van der Waals surface area contributed by atoms with Gasteiger partial charge in [0.1, 0.15) is 0 Å². The molecule has 1 aromatic rings. The van der Waals surface area contributed by atoms with Crippen molar-refractivity contribution in [1.82, 2.24) is 10.2 Å². The molecule has 1 amide bonds. The third kappa shape index (κ3) is 4.27. The lowest BCUT2D eigenvalue weighted by Crippen LogP contribution is -2.45. The molecule has 1 aliphatic heterocycles. The summed E-state index contributed by atoms with van der Waals surface area (Å²) in [4.78, 5) is 15.0. The molecule has 1 aromatic carbocycles. The second kappa shape index (κ2) is 7.65. The number of rotatable bonds is 7. The Morgan fingerprint density at radius 1 is 1.08 bits per heavy atom. The van der Waals surface area contributed by atoms with E-state index in [-0.39, 0.29) is 12.7 Å². The third-order valence-electron chi connectivity index (χ3n) is 5.53. The number of nitrogens with zero attached hydrogens (tertiary/aromatic N) is 1. The lowest BCUT2D eigenvalue weighted by atomic mass is 9.93. The Bertz CT molecular complexity index is 609. The van der Waals surface area contributed by atoms with Crippen molar-refractivity contribution < 1.29 is 14.3 Å². The minimum absolute atomic E-state index is 0.227. The first kappa shape index (κ1) is 16.7. The number of hydrogen-bond acceptors (Lipinski definition) is 4. The highest BCUT2D eigenvalue weighted by Crippen LogP contribution is 2.33. The average Bonchev–Trinajstić information content (AvgIpc) is 3.35. The molecule has 1 heterocycles. The van der Waals surface area contributed by atoms with Gasteiger partial charge in [0.05, 0.1) is 6.54 Å². The highest BCUT2D eigenvalue weighted by atomic mass is 16.7. The molecule has 136 valence electrons. The average molecular weight is 344 g/mol. The molecule has 0 saturated heterocycles. The summed E-state index contributed by atoms with van der Waals surface area (Å²) >= 11 is 0. The third-order valence-corrected chi connectivity index (χ3v) is 5.53. The van der Waals surface area contributed by atoms with Gasteiger partial charge < -0.3 is 19.7 Å². The van der Waals surface area contributed by atoms with Gasteiger partial charge in [-0.2, -0.15) is 0 Å². The largest absolute Gasteiger partial charge is 0.454 e. The first-order chi connectivity index (χ1) is 12.3. The van der Waals surface area contributed by atoms with E-state index in [1.807, 2.05) is 18.2 Å². The van der Waals surface area contributed by atoms with Crippen LogP contribution in [0.4, 0.5) is 0 Å². The molecule has 2 saturated carbocycles. The molecule has 2 aliphatic carbocycles. The van der Waals surface area contributed by atoms with Crippen molar-refractivity contribution in [1.29, 1.82) is 0 Å². The van der Waals surface area contributed by atoms with Crippen molar-refractivity contribution in [2.24, 2.45) is 5.92 Å². The van der Waals surface area contributed by atoms with Crippen LogP contribution in [0.1, 0.15) is 50.5 Å². The standard InChI is InChI=1S/C20H28N2O3/c23-20(12-21-11-15-6-7-15)22(17-4-2-1-3-5-17)13-16-8-9-18-19(10-16)25-14-24-18/h8-10,15,17,21H,1-7,11-14H2. The lowest BCUT2D eigenvalue weighted by molar-refractivity contribution is -0.134. The van der Waals surface area contributed by atoms with Crippen molar-refractivity contribution in [3.63, 3.8) is 0 Å². The van der Waals surface area contributed by atoms with E-state index in [4.69, 9.17) is 9.47 Å². The monoisotopic (exact) mass is 344 g/mol. The first-order valence-electron chi connectivity index (χ1n) is 9.68. The van der Waals surface area contributed by atoms with Gasteiger partial charge in [-0.1, -0.05) is 25.3 Å². The second-order valence-electron chi connectivity index (χ2n) is 7.58. The van der Waals surface area contributed by atoms with E-state index in [9.17, 15) is 4.79 Å². The molecule has 0 atom stereocenters. The number of carbonyl (C=O) groups is 1. The van der Waals surface area contributed by atoms with Gasteiger partial charge in [-0.25, -0.2) is 0 Å². The summed E-state index contributed by atoms with van der Waals surface area (Å²) in [6, 6.07) is 6.39. The maximum absolute atomic E-state index is 12.9. The van der Waals surface area contributed by atoms with E-state index in [0.29, 0.717) is 19.1 Å². The van der Waals surface area contributed by atoms with Crippen LogP contribution < -0.4 is 14.8 Å². The van der Waals surface area contributed by atoms with Crippen LogP contribution in [0, 0.1) is 5.92 Å². The second-order valence-corrected chi connectivity index (χ2v) is 7.58. The zero-order valence-electron chi connectivity index (χ0n) is 14.8. The van der Waals surface area contributed by atoms with Gasteiger partial charge >= 0.3 is 0 Å². The highest BCUT2D eigenvalue weighted by Gasteiger charge is 2.27. The Morgan fingerprint density at radius 2 is 1.88 bits per heavy atom. The fourth-order valence-electron chi connectivity index (χ4n) is 3.86. The Hall–Kier alpha value is -1.75. The Kier molecular flexibility index (Phi) is 5.11. The summed E-state index contributed by atoms with van der Waals surface area (Å²) in [7, 11) is 0. The Balaban J connectivity index is 1.42. The summed E-state index contributed by atoms with van der Waals surface area (Å²) in [6.07, 6.45) is 8.62. The molecule has 25 heavy (non-hydrogen) atoms. The minimum Gasteiger partial charge on any atom is -0.454 e. The molecule has 0 bridgehead atoms. The molecule has 5 nitrogen and oxygen atoms in total. The zero-order valence-corrected chi connectivity index (χ0v) is 14.8. The molecule has 4 rings (SSSR count). The van der Waals surface area contributed by atoms with Gasteiger partial charge in [0.25, 0.3) is 0 Å². The maximum atomic E-state index is 12.9. The van der Waals surface area contributed by atoms with E-state index < -0.39 is 0 Å². The number of hydrogen-bond donors (Lipinski definition) is 1. The van der Waals surface area contributed by atoms with Crippen LogP contribution in [0.3, 0.4) is 0 Å². The normalized spacial score (nSPS) is 19.8. The van der Waals surface area contributed by atoms with Gasteiger partial charge in [-0.05, 0) is 55.8 Å². The molecule has 0 aromatic heterocycles. The summed E-state index contributed by atoms with van der Waals surface area (Å²) < 4.78 is 10.9. The first-order valence-corrected chi connectivity index (χ1v) is 9.68. The SMILES string of the molecule is O=C(CNCC1CC1)N(Cc1ccc2c(c1)OCO2)C1CCCCC1. The van der Waals surface area contributed by atoms with Crippen LogP contribution in [0.25, 0.3) is 0 Å². The van der Waals surface area contributed by atoms with E-state index in [1.54, 1.807) is 0 Å². The molecule has 0 unspecified atom stereocenters. The lowest BCUT2D eigenvalue weighted by Gasteiger charge is -2.34. The number of ether oxygens (including phenoxy) is 2. The molecule has 5 heteroatoms. The minimum atomic E-state index is 0.227. The Labute approximate surface area is 149 Å². The van der Waals surface area contributed by atoms with Crippen LogP contribution in [0.2, 0.25) is 0 Å². The van der Waals surface area contributed by atoms with E-state index in [2.05, 4.69) is 10.2 Å². The predicted octanol–water partition coefficient (Wildman–Crippen LogP) is 3.08. The summed E-state index contributed by atoms with van der Waals surface area (Å²) in [5.74, 6) is 2.61. The predicted molar refractivity (Wildman–Crippen MR) is 95.6 cm³/mol. The molecule has 0 spiro atoms. The van der Waals surface area contributed by atoms with Crippen LogP contribution in [0.5, 0.6) is 11.5 Å². The number of benzene rings is 1. The maximum Gasteiger partial charge on any atom is 0.237 e. The number of nitrogens with one attached hydrogen (secondary N) is 1. The van der Waals surface area contributed by atoms with Crippen molar-refractivity contribution in [3.05, 3.63) is 23.8 Å². The van der Waals surface area contributed by atoms with Crippen molar-refractivity contribution in [2.45, 2.75) is 57.5 Å². The molecular formula is C20H28N2O3. The number of fused-ring (bicyclic) bond motifs is 1. The topological polar surface area (TPSA) is 50.8 Å². The van der Waals surface area contributed by atoms with Crippen LogP contribution >= 0.6 is 0 Å².